The van der Waals surface area contributed by atoms with Gasteiger partial charge < -0.3 is 15.2 Å². The molecule has 1 atom stereocenters. The molecule has 104 valence electrons. The number of ether oxygens (including phenoxy) is 1. The lowest BCUT2D eigenvalue weighted by molar-refractivity contribution is -0.137. The van der Waals surface area contributed by atoms with E-state index in [9.17, 15) is 9.59 Å². The molecule has 1 aromatic carbocycles. The van der Waals surface area contributed by atoms with E-state index in [1.54, 1.807) is 32.2 Å². The van der Waals surface area contributed by atoms with Crippen molar-refractivity contribution in [2.45, 2.75) is 26.3 Å². The predicted molar refractivity (Wildman–Crippen MR) is 71.8 cm³/mol. The molecule has 1 unspecified atom stereocenters. The Kier molecular flexibility index (Phi) is 5.51. The monoisotopic (exact) mass is 265 g/mol. The molecule has 5 nitrogen and oxygen atoms in total. The zero-order chi connectivity index (χ0) is 14.4. The fourth-order valence-electron chi connectivity index (χ4n) is 1.91. The van der Waals surface area contributed by atoms with Gasteiger partial charge in [0.25, 0.3) is 0 Å². The second kappa shape index (κ2) is 6.89. The van der Waals surface area contributed by atoms with Crippen LogP contribution in [-0.4, -0.2) is 36.6 Å². The van der Waals surface area contributed by atoms with E-state index in [4.69, 9.17) is 9.84 Å². The molecular weight excluding hydrogens is 246 g/mol. The van der Waals surface area contributed by atoms with Gasteiger partial charge in [0.15, 0.2) is 5.78 Å². The van der Waals surface area contributed by atoms with Gasteiger partial charge in [-0.25, -0.2) is 0 Å². The smallest absolute Gasteiger partial charge is 0.305 e. The normalized spacial score (nSPS) is 11.9. The molecule has 0 aromatic heterocycles. The minimum atomic E-state index is -0.995. The van der Waals surface area contributed by atoms with Gasteiger partial charge in [-0.15, -0.1) is 0 Å². The molecule has 0 heterocycles. The van der Waals surface area contributed by atoms with E-state index in [0.717, 1.165) is 5.56 Å². The number of carbonyl (C=O) groups is 2. The standard InChI is InChI=1S/C14H19NO4/c1-4-15-12(8-13(16)17)14(18)11-6-5-10(19-3)7-9(11)2/h5-7,12,15H,4,8H2,1-3H3,(H,16,17). The van der Waals surface area contributed by atoms with Crippen molar-refractivity contribution in [3.8, 4) is 5.75 Å². The molecule has 0 spiro atoms. The first-order valence-electron chi connectivity index (χ1n) is 6.13. The number of hydrogen-bond donors (Lipinski definition) is 2. The number of nitrogens with one attached hydrogen (secondary N) is 1. The number of hydrogen-bond acceptors (Lipinski definition) is 4. The fraction of sp³-hybridized carbons (Fsp3) is 0.429. The van der Waals surface area contributed by atoms with Crippen molar-refractivity contribution >= 4 is 11.8 Å². The number of likely N-dealkylation sites (N-methyl/N-ethyl adjacent to an activating group) is 1. The Morgan fingerprint density at radius 2 is 2.11 bits per heavy atom. The third kappa shape index (κ3) is 4.06. The molecule has 1 rings (SSSR count). The topological polar surface area (TPSA) is 75.6 Å². The summed E-state index contributed by atoms with van der Waals surface area (Å²) in [6.07, 6.45) is -0.224. The van der Waals surface area contributed by atoms with Crippen LogP contribution in [0, 0.1) is 6.92 Å². The highest BCUT2D eigenvalue weighted by Gasteiger charge is 2.23. The van der Waals surface area contributed by atoms with Crippen LogP contribution in [0.1, 0.15) is 29.3 Å². The molecule has 0 amide bonds. The first-order valence-corrected chi connectivity index (χ1v) is 6.13. The Balaban J connectivity index is 2.98. The van der Waals surface area contributed by atoms with Gasteiger partial charge in [-0.2, -0.15) is 0 Å². The van der Waals surface area contributed by atoms with Crippen LogP contribution >= 0.6 is 0 Å². The Hall–Kier alpha value is -1.88. The van der Waals surface area contributed by atoms with Crippen LogP contribution in [0.15, 0.2) is 18.2 Å². The maximum Gasteiger partial charge on any atom is 0.305 e. The summed E-state index contributed by atoms with van der Waals surface area (Å²) in [6, 6.07) is 4.43. The van der Waals surface area contributed by atoms with Crippen molar-refractivity contribution in [3.05, 3.63) is 29.3 Å². The summed E-state index contributed by atoms with van der Waals surface area (Å²) in [7, 11) is 1.56. The summed E-state index contributed by atoms with van der Waals surface area (Å²) in [5.74, 6) is -0.526. The number of carbonyl (C=O) groups excluding carboxylic acids is 1. The van der Waals surface area contributed by atoms with Crippen LogP contribution in [0.25, 0.3) is 0 Å². The molecule has 0 aliphatic carbocycles. The maximum absolute atomic E-state index is 12.3. The van der Waals surface area contributed by atoms with Gasteiger partial charge in [-0.05, 0) is 37.2 Å². The molecule has 19 heavy (non-hydrogen) atoms. The van der Waals surface area contributed by atoms with Gasteiger partial charge in [0.2, 0.25) is 0 Å². The minimum absolute atomic E-state index is 0.204. The molecule has 2 N–H and O–H groups in total. The zero-order valence-electron chi connectivity index (χ0n) is 11.4. The Bertz CT molecular complexity index is 471. The van der Waals surface area contributed by atoms with E-state index in [0.29, 0.717) is 17.9 Å². The summed E-state index contributed by atoms with van der Waals surface area (Å²) in [5, 5.41) is 11.8. The summed E-state index contributed by atoms with van der Waals surface area (Å²) in [5.41, 5.74) is 1.30. The third-order valence-electron chi connectivity index (χ3n) is 2.84. The molecule has 0 saturated carbocycles. The number of carboxylic acid groups (broad SMARTS) is 1. The van der Waals surface area contributed by atoms with Crippen LogP contribution in [-0.2, 0) is 4.79 Å². The maximum atomic E-state index is 12.3. The highest BCUT2D eigenvalue weighted by atomic mass is 16.5. The third-order valence-corrected chi connectivity index (χ3v) is 2.84. The van der Waals surface area contributed by atoms with Crippen LogP contribution < -0.4 is 10.1 Å². The van der Waals surface area contributed by atoms with Gasteiger partial charge in [0.1, 0.15) is 5.75 Å². The Labute approximate surface area is 112 Å². The second-order valence-corrected chi connectivity index (χ2v) is 4.25. The molecule has 1 aromatic rings. The average molecular weight is 265 g/mol. The number of carboxylic acids is 1. The average Bonchev–Trinajstić information content (AvgIpc) is 2.36. The lowest BCUT2D eigenvalue weighted by atomic mass is 9.97. The Morgan fingerprint density at radius 1 is 1.42 bits per heavy atom. The quantitative estimate of drug-likeness (QED) is 0.733. The van der Waals surface area contributed by atoms with Crippen LogP contribution in [0.2, 0.25) is 0 Å². The second-order valence-electron chi connectivity index (χ2n) is 4.25. The number of Topliss-reactive ketones (excluding diaryl/α,β-unsaturated/α-hetero) is 1. The van der Waals surface area contributed by atoms with E-state index >= 15 is 0 Å². The van der Waals surface area contributed by atoms with Crippen molar-refractivity contribution in [2.75, 3.05) is 13.7 Å². The van der Waals surface area contributed by atoms with Crippen LogP contribution in [0.3, 0.4) is 0 Å². The molecule has 0 bridgehead atoms. The molecule has 0 aliphatic heterocycles. The van der Waals surface area contributed by atoms with Gasteiger partial charge in [-0.3, -0.25) is 9.59 Å². The number of aryl methyl sites for hydroxylation is 1. The number of methoxy groups -OCH3 is 1. The van der Waals surface area contributed by atoms with E-state index in [1.807, 2.05) is 6.92 Å². The SMILES string of the molecule is CCNC(CC(=O)O)C(=O)c1ccc(OC)cc1C. The minimum Gasteiger partial charge on any atom is -0.497 e. The molecular formula is C14H19NO4. The summed E-state index contributed by atoms with van der Waals surface area (Å²) >= 11 is 0. The van der Waals surface area contributed by atoms with Gasteiger partial charge in [-0.1, -0.05) is 6.92 Å². The summed E-state index contributed by atoms with van der Waals surface area (Å²) in [4.78, 5) is 23.1. The lowest BCUT2D eigenvalue weighted by Gasteiger charge is -2.16. The fourth-order valence-corrected chi connectivity index (χ4v) is 1.91. The number of rotatable bonds is 7. The van der Waals surface area contributed by atoms with E-state index in [1.165, 1.54) is 0 Å². The van der Waals surface area contributed by atoms with Crippen molar-refractivity contribution < 1.29 is 19.4 Å². The predicted octanol–water partition coefficient (Wildman–Crippen LogP) is 1.64. The van der Waals surface area contributed by atoms with Crippen LogP contribution in [0.5, 0.6) is 5.75 Å². The number of ketones is 1. The van der Waals surface area contributed by atoms with E-state index in [-0.39, 0.29) is 12.2 Å². The first-order chi connectivity index (χ1) is 8.99. The van der Waals surface area contributed by atoms with Gasteiger partial charge in [0, 0.05) is 5.56 Å². The highest BCUT2D eigenvalue weighted by Crippen LogP contribution is 2.18. The molecule has 0 radical (unpaired) electrons. The van der Waals surface area contributed by atoms with Crippen LogP contribution in [0.4, 0.5) is 0 Å². The molecule has 0 fully saturated rings. The van der Waals surface area contributed by atoms with E-state index in [2.05, 4.69) is 5.32 Å². The lowest BCUT2D eigenvalue weighted by Crippen LogP contribution is -2.38. The number of aliphatic carboxylic acids is 1. The highest BCUT2D eigenvalue weighted by molar-refractivity contribution is 6.02. The van der Waals surface area contributed by atoms with Crippen molar-refractivity contribution in [1.29, 1.82) is 0 Å². The Morgan fingerprint density at radius 3 is 2.58 bits per heavy atom. The van der Waals surface area contributed by atoms with Crippen molar-refractivity contribution in [2.24, 2.45) is 0 Å². The molecule has 0 aliphatic rings. The van der Waals surface area contributed by atoms with Crippen molar-refractivity contribution in [1.82, 2.24) is 5.32 Å². The first kappa shape index (κ1) is 15.2. The van der Waals surface area contributed by atoms with E-state index < -0.39 is 12.0 Å². The molecule has 0 saturated heterocycles. The largest absolute Gasteiger partial charge is 0.497 e. The van der Waals surface area contributed by atoms with Gasteiger partial charge >= 0.3 is 5.97 Å². The van der Waals surface area contributed by atoms with Crippen molar-refractivity contribution in [3.63, 3.8) is 0 Å². The molecule has 5 heteroatoms. The van der Waals surface area contributed by atoms with Gasteiger partial charge in [0.05, 0.1) is 19.6 Å². The number of benzene rings is 1. The summed E-state index contributed by atoms with van der Waals surface area (Å²) < 4.78 is 5.08. The summed E-state index contributed by atoms with van der Waals surface area (Å²) in [6.45, 7) is 4.18. The zero-order valence-corrected chi connectivity index (χ0v) is 11.4.